The Labute approximate surface area is 235 Å². The average Bonchev–Trinajstić information content (AvgIpc) is 3.44. The normalized spacial score (nSPS) is 23.1. The first kappa shape index (κ1) is 25.6. The number of ketones is 3. The number of carbonyl (C=O) groups excluding carboxylic acids is 5. The van der Waals surface area contributed by atoms with Crippen LogP contribution in [0.4, 0.5) is 5.69 Å². The van der Waals surface area contributed by atoms with Crippen molar-refractivity contribution in [1.82, 2.24) is 4.90 Å². The van der Waals surface area contributed by atoms with Gasteiger partial charge in [-0.25, -0.2) is 4.90 Å². The van der Waals surface area contributed by atoms with Gasteiger partial charge in [-0.3, -0.25) is 24.0 Å². The summed E-state index contributed by atoms with van der Waals surface area (Å²) in [7, 11) is 0. The van der Waals surface area contributed by atoms with Gasteiger partial charge in [0, 0.05) is 33.5 Å². The van der Waals surface area contributed by atoms with Crippen LogP contribution in [0, 0.1) is 11.8 Å². The Morgan fingerprint density at radius 2 is 1.38 bits per heavy atom. The first-order valence-electron chi connectivity index (χ1n) is 12.8. The van der Waals surface area contributed by atoms with Crippen LogP contribution in [0.25, 0.3) is 0 Å². The zero-order valence-corrected chi connectivity index (χ0v) is 22.1. The Hall–Kier alpha value is -4.62. The predicted octanol–water partition coefficient (Wildman–Crippen LogP) is 4.92. The third kappa shape index (κ3) is 4.10. The maximum Gasteiger partial charge on any atom is 0.240 e. The second kappa shape index (κ2) is 9.84. The number of amides is 2. The van der Waals surface area contributed by atoms with Gasteiger partial charge in [-0.1, -0.05) is 48.0 Å². The molecule has 0 saturated carbocycles. The molecule has 0 N–H and O–H groups in total. The van der Waals surface area contributed by atoms with Crippen molar-refractivity contribution in [3.05, 3.63) is 125 Å². The van der Waals surface area contributed by atoms with E-state index < -0.39 is 35.7 Å². The summed E-state index contributed by atoms with van der Waals surface area (Å²) in [6.07, 6.45) is 4.96. The molecule has 198 valence electrons. The molecule has 2 amide bonds. The maximum atomic E-state index is 13.9. The lowest BCUT2D eigenvalue weighted by Crippen LogP contribution is -2.46. The fraction of sp³-hybridized carbons (Fsp3) is 0.156. The van der Waals surface area contributed by atoms with Gasteiger partial charge in [-0.15, -0.1) is 0 Å². The van der Waals surface area contributed by atoms with Crippen molar-refractivity contribution >= 4 is 46.5 Å². The number of Topliss-reactive ketones (excluding diaryl/α,β-unsaturated/α-hetero) is 3. The van der Waals surface area contributed by atoms with Gasteiger partial charge in [0.15, 0.2) is 17.3 Å². The minimum absolute atomic E-state index is 0.137. The van der Waals surface area contributed by atoms with E-state index in [1.807, 2.05) is 6.07 Å². The molecule has 3 aromatic rings. The molecule has 4 atom stereocenters. The summed E-state index contributed by atoms with van der Waals surface area (Å²) < 4.78 is 0. The molecule has 3 aliphatic rings. The third-order valence-electron chi connectivity index (χ3n) is 7.78. The standard InChI is InChI=1S/C32H23ClN2O5/c1-18(36)19-9-13-24(14-10-19)35-31(39)26-25-17-22(29(37)20-5-3-2-4-6-20)15-16-34(25)28(27(26)32(35)40)30(38)21-7-11-23(33)12-8-21/h2-17,25-28H,1H3/t25-,26-,27-,28+/m1/s1. The van der Waals surface area contributed by atoms with E-state index in [9.17, 15) is 24.0 Å². The van der Waals surface area contributed by atoms with E-state index in [0.717, 1.165) is 4.90 Å². The fourth-order valence-electron chi connectivity index (χ4n) is 5.84. The highest BCUT2D eigenvalue weighted by Crippen LogP contribution is 2.47. The van der Waals surface area contributed by atoms with Crippen LogP contribution in [0.1, 0.15) is 38.0 Å². The van der Waals surface area contributed by atoms with Crippen LogP contribution in [0.15, 0.2) is 103 Å². The number of allylic oxidation sites excluding steroid dienone is 2. The smallest absolute Gasteiger partial charge is 0.240 e. The molecule has 0 bridgehead atoms. The van der Waals surface area contributed by atoms with E-state index in [2.05, 4.69) is 0 Å². The van der Waals surface area contributed by atoms with Crippen LogP contribution >= 0.6 is 11.6 Å². The number of halogens is 1. The zero-order valence-electron chi connectivity index (χ0n) is 21.4. The van der Waals surface area contributed by atoms with Crippen LogP contribution in [0.3, 0.4) is 0 Å². The van der Waals surface area contributed by atoms with Crippen LogP contribution in [-0.4, -0.2) is 46.1 Å². The summed E-state index contributed by atoms with van der Waals surface area (Å²) in [5.74, 6) is -3.48. The third-order valence-corrected chi connectivity index (χ3v) is 8.03. The van der Waals surface area contributed by atoms with Gasteiger partial charge >= 0.3 is 0 Å². The average molecular weight is 551 g/mol. The second-order valence-electron chi connectivity index (χ2n) is 10.1. The molecule has 6 rings (SSSR count). The number of rotatable bonds is 6. The molecule has 0 aliphatic carbocycles. The topological polar surface area (TPSA) is 91.8 Å². The van der Waals surface area contributed by atoms with Crippen LogP contribution in [-0.2, 0) is 9.59 Å². The number of imide groups is 1. The number of nitrogens with zero attached hydrogens (tertiary/aromatic N) is 2. The number of hydrogen-bond acceptors (Lipinski definition) is 6. The van der Waals surface area contributed by atoms with Crippen molar-refractivity contribution in [2.24, 2.45) is 11.8 Å². The first-order chi connectivity index (χ1) is 19.3. The van der Waals surface area contributed by atoms with E-state index in [-0.39, 0.29) is 17.3 Å². The number of fused-ring (bicyclic) bond motifs is 3. The Balaban J connectivity index is 1.42. The van der Waals surface area contributed by atoms with E-state index in [4.69, 9.17) is 11.6 Å². The van der Waals surface area contributed by atoms with Gasteiger partial charge in [0.05, 0.1) is 23.6 Å². The highest BCUT2D eigenvalue weighted by molar-refractivity contribution is 6.30. The highest BCUT2D eigenvalue weighted by atomic mass is 35.5. The minimum Gasteiger partial charge on any atom is -0.359 e. The maximum absolute atomic E-state index is 13.9. The van der Waals surface area contributed by atoms with Crippen molar-refractivity contribution in [3.63, 3.8) is 0 Å². The Morgan fingerprint density at radius 3 is 2.02 bits per heavy atom. The minimum atomic E-state index is -0.972. The molecular formula is C32H23ClN2O5. The number of hydrogen-bond donors (Lipinski definition) is 0. The molecule has 3 aromatic carbocycles. The fourth-order valence-corrected chi connectivity index (χ4v) is 5.96. The van der Waals surface area contributed by atoms with E-state index >= 15 is 0 Å². The summed E-state index contributed by atoms with van der Waals surface area (Å²) >= 11 is 6.03. The van der Waals surface area contributed by atoms with E-state index in [1.165, 1.54) is 6.92 Å². The molecule has 0 unspecified atom stereocenters. The molecule has 8 heteroatoms. The predicted molar refractivity (Wildman–Crippen MR) is 149 cm³/mol. The van der Waals surface area contributed by atoms with E-state index in [1.54, 1.807) is 96.0 Å². The van der Waals surface area contributed by atoms with Crippen LogP contribution < -0.4 is 4.90 Å². The molecular weight excluding hydrogens is 528 g/mol. The molecule has 0 radical (unpaired) electrons. The Kier molecular flexibility index (Phi) is 6.31. The number of anilines is 1. The molecule has 2 saturated heterocycles. The van der Waals surface area contributed by atoms with Gasteiger partial charge in [-0.2, -0.15) is 0 Å². The molecule has 2 fully saturated rings. The highest BCUT2D eigenvalue weighted by Gasteiger charge is 2.63. The lowest BCUT2D eigenvalue weighted by Gasteiger charge is -2.32. The molecule has 40 heavy (non-hydrogen) atoms. The largest absolute Gasteiger partial charge is 0.359 e. The van der Waals surface area contributed by atoms with Gasteiger partial charge in [-0.05, 0) is 61.5 Å². The quantitative estimate of drug-likeness (QED) is 0.319. The van der Waals surface area contributed by atoms with Gasteiger partial charge in [0.25, 0.3) is 0 Å². The molecule has 7 nitrogen and oxygen atoms in total. The number of benzene rings is 3. The molecule has 0 aromatic heterocycles. The molecule has 3 heterocycles. The summed E-state index contributed by atoms with van der Waals surface area (Å²) in [4.78, 5) is 69.5. The van der Waals surface area contributed by atoms with Crippen molar-refractivity contribution in [2.45, 2.75) is 19.0 Å². The van der Waals surface area contributed by atoms with Gasteiger partial charge in [0.2, 0.25) is 11.8 Å². The van der Waals surface area contributed by atoms with Crippen molar-refractivity contribution in [2.75, 3.05) is 4.90 Å². The molecule has 3 aliphatic heterocycles. The summed E-state index contributed by atoms with van der Waals surface area (Å²) in [6.45, 7) is 1.43. The summed E-state index contributed by atoms with van der Waals surface area (Å²) in [5.41, 5.74) is 2.03. The Morgan fingerprint density at radius 1 is 0.750 bits per heavy atom. The number of carbonyl (C=O) groups is 5. The van der Waals surface area contributed by atoms with Crippen LogP contribution in [0.5, 0.6) is 0 Å². The Bertz CT molecular complexity index is 1630. The lowest BCUT2D eigenvalue weighted by molar-refractivity contribution is -0.123. The zero-order chi connectivity index (χ0) is 28.1. The lowest BCUT2D eigenvalue weighted by atomic mass is 9.85. The first-order valence-corrected chi connectivity index (χ1v) is 13.2. The van der Waals surface area contributed by atoms with Gasteiger partial charge < -0.3 is 4.90 Å². The second-order valence-corrected chi connectivity index (χ2v) is 10.5. The summed E-state index contributed by atoms with van der Waals surface area (Å²) in [5, 5.41) is 0.468. The van der Waals surface area contributed by atoms with Crippen molar-refractivity contribution < 1.29 is 24.0 Å². The van der Waals surface area contributed by atoms with E-state index in [0.29, 0.717) is 33.0 Å². The monoisotopic (exact) mass is 550 g/mol. The van der Waals surface area contributed by atoms with Gasteiger partial charge in [0.1, 0.15) is 6.04 Å². The van der Waals surface area contributed by atoms with Crippen LogP contribution in [0.2, 0.25) is 5.02 Å². The molecule has 0 spiro atoms. The van der Waals surface area contributed by atoms with Crippen molar-refractivity contribution in [1.29, 1.82) is 0 Å². The SMILES string of the molecule is CC(=O)c1ccc(N2C(=O)[C@@H]3[C@H](C2=O)[C@H]2C=C(C(=O)c4ccccc4)C=CN2[C@@H]3C(=O)c2ccc(Cl)cc2)cc1. The van der Waals surface area contributed by atoms with Crippen molar-refractivity contribution in [3.8, 4) is 0 Å². The summed E-state index contributed by atoms with van der Waals surface area (Å²) in [6, 6.07) is 19.8.